The molecule has 1 N–H and O–H groups in total. The number of hydrogen-bond acceptors (Lipinski definition) is 3. The van der Waals surface area contributed by atoms with Gasteiger partial charge in [0.05, 0.1) is 19.4 Å². The molecule has 14 heavy (non-hydrogen) atoms. The number of aliphatic hydroxyl groups is 1. The largest absolute Gasteiger partial charge is 0.388 e. The highest BCUT2D eigenvalue weighted by Crippen LogP contribution is 2.21. The minimum absolute atomic E-state index is 0.0116. The van der Waals surface area contributed by atoms with Crippen LogP contribution in [0.3, 0.4) is 0 Å². The Labute approximate surface area is 83.5 Å². The molecule has 0 amide bonds. The van der Waals surface area contributed by atoms with Gasteiger partial charge in [-0.05, 0) is 11.5 Å². The quantitative estimate of drug-likeness (QED) is 0.765. The first-order valence-electron chi connectivity index (χ1n) is 4.98. The zero-order valence-electron chi connectivity index (χ0n) is 8.55. The van der Waals surface area contributed by atoms with Crippen molar-refractivity contribution in [3.05, 3.63) is 18.0 Å². The van der Waals surface area contributed by atoms with Gasteiger partial charge in [-0.2, -0.15) is 5.10 Å². The highest BCUT2D eigenvalue weighted by molar-refractivity contribution is 5.09. The van der Waals surface area contributed by atoms with Gasteiger partial charge in [0.1, 0.15) is 12.1 Å². The first-order valence-corrected chi connectivity index (χ1v) is 4.98. The third-order valence-electron chi connectivity index (χ3n) is 2.65. The van der Waals surface area contributed by atoms with Gasteiger partial charge in [-0.15, -0.1) is 0 Å². The zero-order valence-corrected chi connectivity index (χ0v) is 8.55. The third-order valence-corrected chi connectivity index (χ3v) is 2.65. The molecule has 0 aliphatic carbocycles. The first kappa shape index (κ1) is 9.68. The molecule has 0 aromatic carbocycles. The van der Waals surface area contributed by atoms with E-state index < -0.39 is 6.10 Å². The summed E-state index contributed by atoms with van der Waals surface area (Å²) in [5.41, 5.74) is 1.20. The monoisotopic (exact) mass is 196 g/mol. The Morgan fingerprint density at radius 1 is 1.57 bits per heavy atom. The molecule has 1 aromatic rings. The van der Waals surface area contributed by atoms with E-state index in [-0.39, 0.29) is 6.04 Å². The molecule has 2 rings (SSSR count). The molecule has 1 aromatic heterocycles. The van der Waals surface area contributed by atoms with Crippen LogP contribution in [-0.4, -0.2) is 34.2 Å². The Kier molecular flexibility index (Phi) is 2.56. The minimum Gasteiger partial charge on any atom is -0.388 e. The fourth-order valence-electron chi connectivity index (χ4n) is 1.62. The number of aliphatic hydroxyl groups excluding tert-OH is 1. The van der Waals surface area contributed by atoms with Gasteiger partial charge in [0.2, 0.25) is 0 Å². The Morgan fingerprint density at radius 3 is 2.86 bits per heavy atom. The van der Waals surface area contributed by atoms with E-state index in [0.717, 1.165) is 0 Å². The second-order valence-corrected chi connectivity index (χ2v) is 4.08. The molecule has 2 atom stereocenters. The smallest absolute Gasteiger partial charge is 0.103 e. The van der Waals surface area contributed by atoms with Crippen LogP contribution in [0, 0.1) is 0 Å². The van der Waals surface area contributed by atoms with Crippen molar-refractivity contribution < 1.29 is 9.84 Å². The lowest BCUT2D eigenvalue weighted by molar-refractivity contribution is 0.118. The van der Waals surface area contributed by atoms with Crippen molar-refractivity contribution in [1.82, 2.24) is 9.78 Å². The molecule has 1 saturated heterocycles. The van der Waals surface area contributed by atoms with Gasteiger partial charge in [-0.25, -0.2) is 0 Å². The Bertz CT molecular complexity index is 309. The standard InChI is InChI=1S/C10H16N2O2/c1-7(2)8-3-11-12(4-8)9-5-14-6-10(9)13/h3-4,7,9-10,13H,5-6H2,1-2H3. The van der Waals surface area contributed by atoms with Gasteiger partial charge in [0, 0.05) is 6.20 Å². The third kappa shape index (κ3) is 1.67. The fraction of sp³-hybridized carbons (Fsp3) is 0.700. The lowest BCUT2D eigenvalue weighted by Crippen LogP contribution is -2.22. The first-order chi connectivity index (χ1) is 6.68. The van der Waals surface area contributed by atoms with Gasteiger partial charge in [-0.3, -0.25) is 4.68 Å². The summed E-state index contributed by atoms with van der Waals surface area (Å²) >= 11 is 0. The van der Waals surface area contributed by atoms with E-state index >= 15 is 0 Å². The molecule has 0 spiro atoms. The molecule has 2 unspecified atom stereocenters. The maximum absolute atomic E-state index is 9.60. The normalized spacial score (nSPS) is 27.4. The minimum atomic E-state index is -0.421. The van der Waals surface area contributed by atoms with Gasteiger partial charge in [-0.1, -0.05) is 13.8 Å². The summed E-state index contributed by atoms with van der Waals surface area (Å²) in [6, 6.07) is -0.0116. The van der Waals surface area contributed by atoms with E-state index in [1.807, 2.05) is 17.1 Å². The van der Waals surface area contributed by atoms with Gasteiger partial charge < -0.3 is 9.84 Å². The van der Waals surface area contributed by atoms with Gasteiger partial charge in [0.25, 0.3) is 0 Å². The summed E-state index contributed by atoms with van der Waals surface area (Å²) in [6.45, 7) is 5.23. The van der Waals surface area contributed by atoms with E-state index in [1.165, 1.54) is 5.56 Å². The summed E-state index contributed by atoms with van der Waals surface area (Å²) in [5, 5.41) is 13.9. The maximum Gasteiger partial charge on any atom is 0.103 e. The highest BCUT2D eigenvalue weighted by Gasteiger charge is 2.28. The molecule has 2 heterocycles. The van der Waals surface area contributed by atoms with E-state index in [4.69, 9.17) is 4.74 Å². The van der Waals surface area contributed by atoms with E-state index in [0.29, 0.717) is 19.1 Å². The second kappa shape index (κ2) is 3.71. The molecule has 0 radical (unpaired) electrons. The molecule has 4 nitrogen and oxygen atoms in total. The fourth-order valence-corrected chi connectivity index (χ4v) is 1.62. The summed E-state index contributed by atoms with van der Waals surface area (Å²) < 4.78 is 7.00. The van der Waals surface area contributed by atoms with Crippen molar-refractivity contribution >= 4 is 0 Å². The summed E-state index contributed by atoms with van der Waals surface area (Å²) in [7, 11) is 0. The molecular formula is C10H16N2O2. The number of nitrogens with zero attached hydrogens (tertiary/aromatic N) is 2. The van der Waals surface area contributed by atoms with Crippen LogP contribution in [0.25, 0.3) is 0 Å². The van der Waals surface area contributed by atoms with E-state index in [1.54, 1.807) is 0 Å². The molecule has 0 bridgehead atoms. The SMILES string of the molecule is CC(C)c1cnn(C2COCC2O)c1. The van der Waals surface area contributed by atoms with Crippen LogP contribution >= 0.6 is 0 Å². The predicted octanol–water partition coefficient (Wildman–Crippen LogP) is 0.939. The van der Waals surface area contributed by atoms with Crippen LogP contribution in [0.2, 0.25) is 0 Å². The molecule has 4 heteroatoms. The zero-order chi connectivity index (χ0) is 10.1. The van der Waals surface area contributed by atoms with Crippen molar-refractivity contribution in [3.63, 3.8) is 0 Å². The Balaban J connectivity index is 2.16. The lowest BCUT2D eigenvalue weighted by atomic mass is 10.1. The van der Waals surface area contributed by atoms with Gasteiger partial charge >= 0.3 is 0 Å². The van der Waals surface area contributed by atoms with Crippen LogP contribution in [0.1, 0.15) is 31.4 Å². The molecule has 78 valence electrons. The summed E-state index contributed by atoms with van der Waals surface area (Å²) in [5.74, 6) is 0.475. The molecule has 0 saturated carbocycles. The number of hydrogen-bond donors (Lipinski definition) is 1. The number of rotatable bonds is 2. The maximum atomic E-state index is 9.60. The average molecular weight is 196 g/mol. The van der Waals surface area contributed by atoms with Crippen LogP contribution in [0.15, 0.2) is 12.4 Å². The molecule has 1 aliphatic rings. The summed E-state index contributed by atoms with van der Waals surface area (Å²) in [6.07, 6.45) is 3.43. The second-order valence-electron chi connectivity index (χ2n) is 4.08. The van der Waals surface area contributed by atoms with Crippen LogP contribution in [0.5, 0.6) is 0 Å². The van der Waals surface area contributed by atoms with Crippen LogP contribution in [-0.2, 0) is 4.74 Å². The molecule has 1 fully saturated rings. The van der Waals surface area contributed by atoms with Crippen molar-refractivity contribution in [2.45, 2.75) is 31.9 Å². The topological polar surface area (TPSA) is 47.3 Å². The van der Waals surface area contributed by atoms with Gasteiger partial charge in [0.15, 0.2) is 0 Å². The lowest BCUT2D eigenvalue weighted by Gasteiger charge is -2.12. The highest BCUT2D eigenvalue weighted by atomic mass is 16.5. The number of ether oxygens (including phenoxy) is 1. The van der Waals surface area contributed by atoms with Crippen molar-refractivity contribution in [3.8, 4) is 0 Å². The predicted molar refractivity (Wildman–Crippen MR) is 52.2 cm³/mol. The number of aromatic nitrogens is 2. The van der Waals surface area contributed by atoms with E-state index in [9.17, 15) is 5.11 Å². The Morgan fingerprint density at radius 2 is 2.36 bits per heavy atom. The molecular weight excluding hydrogens is 180 g/mol. The molecule has 1 aliphatic heterocycles. The Hall–Kier alpha value is -0.870. The van der Waals surface area contributed by atoms with Crippen LogP contribution in [0.4, 0.5) is 0 Å². The van der Waals surface area contributed by atoms with Crippen molar-refractivity contribution in [2.75, 3.05) is 13.2 Å². The van der Waals surface area contributed by atoms with Crippen molar-refractivity contribution in [2.24, 2.45) is 0 Å². The van der Waals surface area contributed by atoms with Crippen LogP contribution < -0.4 is 0 Å². The summed E-state index contributed by atoms with van der Waals surface area (Å²) in [4.78, 5) is 0. The van der Waals surface area contributed by atoms with Crippen molar-refractivity contribution in [1.29, 1.82) is 0 Å². The average Bonchev–Trinajstić information content (AvgIpc) is 2.71. The van der Waals surface area contributed by atoms with E-state index in [2.05, 4.69) is 18.9 Å².